The van der Waals surface area contributed by atoms with Gasteiger partial charge in [0.05, 0.1) is 7.11 Å². The quantitative estimate of drug-likeness (QED) is 0.609. The first-order valence-corrected chi connectivity index (χ1v) is 3.79. The molecule has 0 saturated carbocycles. The highest BCUT2D eigenvalue weighted by molar-refractivity contribution is 5.93. The molecule has 0 atom stereocenters. The Bertz CT molecular complexity index is 345. The highest BCUT2D eigenvalue weighted by atomic mass is 16.7. The van der Waals surface area contributed by atoms with Crippen LogP contribution in [0.3, 0.4) is 0 Å². The molecule has 1 aromatic carbocycles. The van der Waals surface area contributed by atoms with Crippen LogP contribution in [0.4, 0.5) is 0 Å². The van der Waals surface area contributed by atoms with Gasteiger partial charge in [-0.05, 0) is 18.2 Å². The van der Waals surface area contributed by atoms with Gasteiger partial charge in [0.25, 0.3) is 0 Å². The van der Waals surface area contributed by atoms with E-state index in [4.69, 9.17) is 9.47 Å². The second-order valence-corrected chi connectivity index (χ2v) is 2.56. The van der Waals surface area contributed by atoms with Crippen LogP contribution in [0.25, 0.3) is 0 Å². The lowest BCUT2D eigenvalue weighted by molar-refractivity contribution is 0.00483. The predicted molar refractivity (Wildman–Crippen MR) is 43.9 cm³/mol. The molecule has 1 heterocycles. The molecule has 0 aliphatic carbocycles. The first-order chi connectivity index (χ1) is 6.31. The predicted octanol–water partition coefficient (Wildman–Crippen LogP) is 1.20. The monoisotopic (exact) mass is 180 g/mol. The molecular weight excluding hydrogens is 172 g/mol. The van der Waals surface area contributed by atoms with Crippen LogP contribution in [-0.2, 0) is 4.74 Å². The summed E-state index contributed by atoms with van der Waals surface area (Å²) in [4.78, 5) is 11.2. The van der Waals surface area contributed by atoms with E-state index in [-0.39, 0.29) is 12.8 Å². The zero-order valence-electron chi connectivity index (χ0n) is 7.07. The standard InChI is InChI=1S/C9H8O4/c1-11-6-2-3-8-7(4-6)9(10)13-5-12-8/h2-4H,5H2,1H3. The van der Waals surface area contributed by atoms with E-state index in [0.29, 0.717) is 17.1 Å². The van der Waals surface area contributed by atoms with Gasteiger partial charge in [0, 0.05) is 0 Å². The lowest BCUT2D eigenvalue weighted by atomic mass is 10.2. The van der Waals surface area contributed by atoms with Gasteiger partial charge in [-0.2, -0.15) is 0 Å². The second-order valence-electron chi connectivity index (χ2n) is 2.56. The molecule has 0 aromatic heterocycles. The fourth-order valence-electron chi connectivity index (χ4n) is 1.15. The van der Waals surface area contributed by atoms with Gasteiger partial charge in [0.2, 0.25) is 6.79 Å². The Balaban J connectivity index is 2.47. The first kappa shape index (κ1) is 7.91. The molecule has 0 fully saturated rings. The molecule has 1 aliphatic heterocycles. The van der Waals surface area contributed by atoms with Crippen molar-refractivity contribution in [3.8, 4) is 11.5 Å². The van der Waals surface area contributed by atoms with E-state index in [9.17, 15) is 4.79 Å². The third-order valence-electron chi connectivity index (χ3n) is 1.81. The summed E-state index contributed by atoms with van der Waals surface area (Å²) in [7, 11) is 1.54. The molecule has 0 amide bonds. The van der Waals surface area contributed by atoms with Crippen LogP contribution in [0.2, 0.25) is 0 Å². The lowest BCUT2D eigenvalue weighted by Gasteiger charge is -2.16. The number of ether oxygens (including phenoxy) is 3. The van der Waals surface area contributed by atoms with Crippen molar-refractivity contribution in [1.82, 2.24) is 0 Å². The smallest absolute Gasteiger partial charge is 0.344 e. The van der Waals surface area contributed by atoms with Crippen LogP contribution >= 0.6 is 0 Å². The SMILES string of the molecule is COc1ccc2c(c1)C(=O)OCO2. The van der Waals surface area contributed by atoms with E-state index in [1.165, 1.54) is 7.11 Å². The topological polar surface area (TPSA) is 44.8 Å². The van der Waals surface area contributed by atoms with Gasteiger partial charge in [-0.25, -0.2) is 4.79 Å². The number of cyclic esters (lactones) is 1. The summed E-state index contributed by atoms with van der Waals surface area (Å²) in [5, 5.41) is 0. The molecule has 0 radical (unpaired) electrons. The molecule has 0 bridgehead atoms. The van der Waals surface area contributed by atoms with Crippen molar-refractivity contribution in [2.24, 2.45) is 0 Å². The lowest BCUT2D eigenvalue weighted by Crippen LogP contribution is -2.18. The average molecular weight is 180 g/mol. The number of hydrogen-bond acceptors (Lipinski definition) is 4. The van der Waals surface area contributed by atoms with Crippen molar-refractivity contribution in [3.05, 3.63) is 23.8 Å². The molecule has 4 heteroatoms. The van der Waals surface area contributed by atoms with Crippen LogP contribution in [-0.4, -0.2) is 19.9 Å². The molecule has 2 rings (SSSR count). The van der Waals surface area contributed by atoms with E-state index in [1.807, 2.05) is 0 Å². The zero-order chi connectivity index (χ0) is 9.26. The van der Waals surface area contributed by atoms with Crippen LogP contribution in [0, 0.1) is 0 Å². The van der Waals surface area contributed by atoms with Gasteiger partial charge < -0.3 is 14.2 Å². The molecule has 1 aromatic rings. The number of carbonyl (C=O) groups excluding carboxylic acids is 1. The number of hydrogen-bond donors (Lipinski definition) is 0. The van der Waals surface area contributed by atoms with Crippen LogP contribution < -0.4 is 9.47 Å². The van der Waals surface area contributed by atoms with Crippen molar-refractivity contribution < 1.29 is 19.0 Å². The van der Waals surface area contributed by atoms with Crippen LogP contribution in [0.15, 0.2) is 18.2 Å². The molecule has 68 valence electrons. The Morgan fingerprint density at radius 3 is 3.00 bits per heavy atom. The van der Waals surface area contributed by atoms with Crippen molar-refractivity contribution in [3.63, 3.8) is 0 Å². The minimum atomic E-state index is -0.375. The maximum atomic E-state index is 11.2. The molecule has 1 aliphatic rings. The third kappa shape index (κ3) is 1.30. The molecule has 0 spiro atoms. The van der Waals surface area contributed by atoms with E-state index in [1.54, 1.807) is 18.2 Å². The van der Waals surface area contributed by atoms with Gasteiger partial charge in [0.1, 0.15) is 17.1 Å². The molecule has 0 unspecified atom stereocenters. The van der Waals surface area contributed by atoms with Crippen molar-refractivity contribution in [1.29, 1.82) is 0 Å². The van der Waals surface area contributed by atoms with E-state index in [2.05, 4.69) is 4.74 Å². The van der Waals surface area contributed by atoms with Crippen molar-refractivity contribution in [2.45, 2.75) is 0 Å². The molecular formula is C9H8O4. The second kappa shape index (κ2) is 2.97. The van der Waals surface area contributed by atoms with Crippen LogP contribution in [0.1, 0.15) is 10.4 Å². The van der Waals surface area contributed by atoms with Gasteiger partial charge >= 0.3 is 5.97 Å². The summed E-state index contributed by atoms with van der Waals surface area (Å²) < 4.78 is 14.7. The molecule has 0 saturated heterocycles. The zero-order valence-corrected chi connectivity index (χ0v) is 7.07. The number of esters is 1. The summed E-state index contributed by atoms with van der Waals surface area (Å²) in [6.07, 6.45) is 0. The number of benzene rings is 1. The minimum absolute atomic E-state index is 0.0157. The fraction of sp³-hybridized carbons (Fsp3) is 0.222. The number of fused-ring (bicyclic) bond motifs is 1. The Hall–Kier alpha value is -1.71. The maximum Gasteiger partial charge on any atom is 0.344 e. The van der Waals surface area contributed by atoms with E-state index < -0.39 is 0 Å². The van der Waals surface area contributed by atoms with Gasteiger partial charge in [0.15, 0.2) is 0 Å². The van der Waals surface area contributed by atoms with Crippen LogP contribution in [0.5, 0.6) is 11.5 Å². The Kier molecular flexibility index (Phi) is 1.81. The normalized spacial score (nSPS) is 14.1. The Morgan fingerprint density at radius 2 is 2.23 bits per heavy atom. The van der Waals surface area contributed by atoms with Crippen molar-refractivity contribution >= 4 is 5.97 Å². The van der Waals surface area contributed by atoms with Crippen molar-refractivity contribution in [2.75, 3.05) is 13.9 Å². The largest absolute Gasteiger partial charge is 0.497 e. The number of methoxy groups -OCH3 is 1. The molecule has 4 nitrogen and oxygen atoms in total. The highest BCUT2D eigenvalue weighted by Crippen LogP contribution is 2.27. The molecule has 13 heavy (non-hydrogen) atoms. The number of carbonyl (C=O) groups is 1. The maximum absolute atomic E-state index is 11.2. The number of rotatable bonds is 1. The minimum Gasteiger partial charge on any atom is -0.497 e. The third-order valence-corrected chi connectivity index (χ3v) is 1.81. The molecule has 0 N–H and O–H groups in total. The van der Waals surface area contributed by atoms with Gasteiger partial charge in [-0.1, -0.05) is 0 Å². The Morgan fingerprint density at radius 1 is 1.38 bits per heavy atom. The summed E-state index contributed by atoms with van der Waals surface area (Å²) >= 11 is 0. The first-order valence-electron chi connectivity index (χ1n) is 3.79. The summed E-state index contributed by atoms with van der Waals surface area (Å²) in [6.45, 7) is -0.0157. The van der Waals surface area contributed by atoms with E-state index in [0.717, 1.165) is 0 Å². The van der Waals surface area contributed by atoms with Gasteiger partial charge in [-0.3, -0.25) is 0 Å². The fourth-order valence-corrected chi connectivity index (χ4v) is 1.15. The Labute approximate surface area is 75.0 Å². The highest BCUT2D eigenvalue weighted by Gasteiger charge is 2.19. The van der Waals surface area contributed by atoms with E-state index >= 15 is 0 Å². The van der Waals surface area contributed by atoms with Gasteiger partial charge in [-0.15, -0.1) is 0 Å². The summed E-state index contributed by atoms with van der Waals surface area (Å²) in [5.41, 5.74) is 0.408. The summed E-state index contributed by atoms with van der Waals surface area (Å²) in [6, 6.07) is 5.02. The average Bonchev–Trinajstić information content (AvgIpc) is 2.18. The summed E-state index contributed by atoms with van der Waals surface area (Å²) in [5.74, 6) is 0.776.